The first-order chi connectivity index (χ1) is 21.2. The number of carbonyl (C=O) groups is 4. The van der Waals surface area contributed by atoms with E-state index in [9.17, 15) is 19.2 Å². The van der Waals surface area contributed by atoms with Gasteiger partial charge >= 0.3 is 0 Å². The molecular formula is C33H40N6O6. The van der Waals surface area contributed by atoms with Gasteiger partial charge in [-0.2, -0.15) is 10.5 Å². The van der Waals surface area contributed by atoms with E-state index in [1.807, 2.05) is 20.0 Å². The summed E-state index contributed by atoms with van der Waals surface area (Å²) in [6.07, 6.45) is 3.06. The van der Waals surface area contributed by atoms with E-state index < -0.39 is 0 Å². The lowest BCUT2D eigenvalue weighted by atomic mass is 10.1. The van der Waals surface area contributed by atoms with Gasteiger partial charge in [-0.3, -0.25) is 19.2 Å². The number of nitrogens with one attached hydrogen (secondary N) is 3. The molecule has 0 saturated heterocycles. The smallest absolute Gasteiger partial charge is 0.221 e. The SMILES string of the molecule is CC(=O)N/C(=C\c1ccc(C#N)cc1OCC(C)N)C(C)=O.CNC(C)COc1cc(C#N)ccc1/C=C(\NC(C)=O)C(C)=O. The highest BCUT2D eigenvalue weighted by Gasteiger charge is 2.12. The number of hydrogen-bond acceptors (Lipinski definition) is 10. The van der Waals surface area contributed by atoms with Gasteiger partial charge in [0.25, 0.3) is 0 Å². The first-order valence-electron chi connectivity index (χ1n) is 14.0. The van der Waals surface area contributed by atoms with E-state index in [0.717, 1.165) is 0 Å². The second-order valence-electron chi connectivity index (χ2n) is 10.1. The zero-order valence-corrected chi connectivity index (χ0v) is 26.6. The minimum absolute atomic E-state index is 0.125. The topological polar surface area (TPSA) is 196 Å². The van der Waals surface area contributed by atoms with Gasteiger partial charge in [0, 0.05) is 50.9 Å². The normalized spacial score (nSPS) is 12.2. The number of carbonyl (C=O) groups excluding carboxylic acids is 4. The minimum Gasteiger partial charge on any atom is -0.491 e. The lowest BCUT2D eigenvalue weighted by Crippen LogP contribution is -2.28. The Balaban J connectivity index is 0.000000450. The molecule has 2 unspecified atom stereocenters. The Bertz CT molecular complexity index is 1530. The largest absolute Gasteiger partial charge is 0.491 e. The van der Waals surface area contributed by atoms with Gasteiger partial charge in [0.1, 0.15) is 24.7 Å². The van der Waals surface area contributed by atoms with Gasteiger partial charge in [-0.25, -0.2) is 0 Å². The number of nitrogens with two attached hydrogens (primary N) is 1. The second kappa shape index (κ2) is 19.1. The van der Waals surface area contributed by atoms with Crippen molar-refractivity contribution in [2.24, 2.45) is 5.73 Å². The number of amides is 2. The maximum Gasteiger partial charge on any atom is 0.221 e. The molecule has 0 bridgehead atoms. The van der Waals surface area contributed by atoms with Gasteiger partial charge in [-0.15, -0.1) is 0 Å². The van der Waals surface area contributed by atoms with Crippen LogP contribution in [0.2, 0.25) is 0 Å². The average molecular weight is 617 g/mol. The van der Waals surface area contributed by atoms with Crippen LogP contribution in [0.25, 0.3) is 12.2 Å². The lowest BCUT2D eigenvalue weighted by molar-refractivity contribution is -0.121. The third-order valence-electron chi connectivity index (χ3n) is 5.75. The minimum atomic E-state index is -0.340. The van der Waals surface area contributed by atoms with Crippen molar-refractivity contribution in [3.05, 3.63) is 70.0 Å². The maximum atomic E-state index is 11.6. The van der Waals surface area contributed by atoms with E-state index in [2.05, 4.69) is 22.0 Å². The summed E-state index contributed by atoms with van der Waals surface area (Å²) in [7, 11) is 1.82. The number of ketones is 2. The zero-order chi connectivity index (χ0) is 34.1. The molecule has 2 rings (SSSR count). The number of Topliss-reactive ketones (excluding diaryl/α,β-unsaturated/α-hetero) is 2. The number of likely N-dealkylation sites (N-methyl/N-ethyl adjacent to an activating group) is 1. The van der Waals surface area contributed by atoms with Crippen LogP contribution in [0.5, 0.6) is 11.5 Å². The number of hydrogen-bond donors (Lipinski definition) is 4. The predicted octanol–water partition coefficient (Wildman–Crippen LogP) is 2.96. The Morgan fingerprint density at radius 2 is 1.18 bits per heavy atom. The molecule has 2 aromatic carbocycles. The summed E-state index contributed by atoms with van der Waals surface area (Å²) in [4.78, 5) is 45.6. The Morgan fingerprint density at radius 1 is 0.778 bits per heavy atom. The molecule has 12 heteroatoms. The molecule has 12 nitrogen and oxygen atoms in total. The van der Waals surface area contributed by atoms with Gasteiger partial charge in [0.15, 0.2) is 11.6 Å². The number of rotatable bonds is 13. The Hall–Kier alpha value is -5.30. The van der Waals surface area contributed by atoms with Gasteiger partial charge < -0.3 is 31.2 Å². The fourth-order valence-corrected chi connectivity index (χ4v) is 3.36. The highest BCUT2D eigenvalue weighted by molar-refractivity contribution is 6.01. The molecule has 0 heterocycles. The standard InChI is InChI=1S/C17H21N3O3.C16H19N3O3/c1-11(19-4)10-23-17-7-14(9-18)5-6-15(17)8-16(12(2)21)20-13(3)22;1-10(18)9-22-16-6-13(8-17)4-5-14(16)7-15(11(2)20)19-12(3)21/h5-8,11,19H,10H2,1-4H3,(H,20,22);4-7,10H,9,18H2,1-3H3,(H,19,21)/b16-8-;15-7-. The molecule has 0 aromatic heterocycles. The molecule has 0 saturated carbocycles. The lowest BCUT2D eigenvalue weighted by Gasteiger charge is -2.15. The molecule has 0 aliphatic heterocycles. The fourth-order valence-electron chi connectivity index (χ4n) is 3.36. The number of ether oxygens (including phenoxy) is 2. The van der Waals surface area contributed by atoms with Crippen LogP contribution in [-0.4, -0.2) is 55.7 Å². The first-order valence-corrected chi connectivity index (χ1v) is 14.0. The van der Waals surface area contributed by atoms with Crippen molar-refractivity contribution < 1.29 is 28.7 Å². The van der Waals surface area contributed by atoms with Gasteiger partial charge in [0.2, 0.25) is 11.8 Å². The summed E-state index contributed by atoms with van der Waals surface area (Å²) in [5.74, 6) is -0.299. The highest BCUT2D eigenvalue weighted by Crippen LogP contribution is 2.24. The molecule has 0 radical (unpaired) electrons. The Kier molecular flexibility index (Phi) is 16.0. The van der Waals surface area contributed by atoms with E-state index in [1.54, 1.807) is 49.4 Å². The molecule has 0 aliphatic carbocycles. The molecule has 2 amide bonds. The van der Waals surface area contributed by atoms with Crippen molar-refractivity contribution in [3.63, 3.8) is 0 Å². The van der Waals surface area contributed by atoms with Gasteiger partial charge in [-0.1, -0.05) is 0 Å². The molecule has 2 atom stereocenters. The van der Waals surface area contributed by atoms with E-state index >= 15 is 0 Å². The molecule has 238 valence electrons. The van der Waals surface area contributed by atoms with Crippen LogP contribution in [-0.2, 0) is 19.2 Å². The van der Waals surface area contributed by atoms with Crippen LogP contribution in [0, 0.1) is 22.7 Å². The molecule has 0 spiro atoms. The van der Waals surface area contributed by atoms with Crippen LogP contribution < -0.4 is 31.2 Å². The number of allylic oxidation sites excluding steroid dienone is 2. The van der Waals surface area contributed by atoms with Crippen molar-refractivity contribution in [2.45, 2.75) is 53.6 Å². The average Bonchev–Trinajstić information content (AvgIpc) is 2.98. The summed E-state index contributed by atoms with van der Waals surface area (Å²) in [5, 5.41) is 26.0. The van der Waals surface area contributed by atoms with Crippen molar-refractivity contribution >= 4 is 35.5 Å². The molecule has 0 aliphatic rings. The van der Waals surface area contributed by atoms with Crippen molar-refractivity contribution in [2.75, 3.05) is 20.3 Å². The molecule has 2 aromatic rings. The first kappa shape index (κ1) is 37.7. The fraction of sp³-hybridized carbons (Fsp3) is 0.333. The van der Waals surface area contributed by atoms with Crippen molar-refractivity contribution in [1.82, 2.24) is 16.0 Å². The second-order valence-corrected chi connectivity index (χ2v) is 10.1. The van der Waals surface area contributed by atoms with Crippen LogP contribution in [0.1, 0.15) is 63.8 Å². The third kappa shape index (κ3) is 14.1. The Labute approximate surface area is 263 Å². The summed E-state index contributed by atoms with van der Waals surface area (Å²) in [5.41, 5.74) is 8.08. The highest BCUT2D eigenvalue weighted by atomic mass is 16.5. The molecule has 5 N–H and O–H groups in total. The van der Waals surface area contributed by atoms with Crippen LogP contribution in [0.4, 0.5) is 0 Å². The zero-order valence-electron chi connectivity index (χ0n) is 26.6. The quantitative estimate of drug-likeness (QED) is 0.243. The van der Waals surface area contributed by atoms with Gasteiger partial charge in [0.05, 0.1) is 34.7 Å². The van der Waals surface area contributed by atoms with E-state index in [0.29, 0.717) is 40.4 Å². The molecule has 0 fully saturated rings. The summed E-state index contributed by atoms with van der Waals surface area (Å²) >= 11 is 0. The Morgan fingerprint density at radius 3 is 1.49 bits per heavy atom. The van der Waals surface area contributed by atoms with Crippen LogP contribution in [0.3, 0.4) is 0 Å². The van der Waals surface area contributed by atoms with Crippen LogP contribution >= 0.6 is 0 Å². The van der Waals surface area contributed by atoms with Crippen LogP contribution in [0.15, 0.2) is 47.8 Å². The predicted molar refractivity (Wildman–Crippen MR) is 170 cm³/mol. The van der Waals surface area contributed by atoms with Crippen molar-refractivity contribution in [1.29, 1.82) is 10.5 Å². The number of nitriles is 2. The summed E-state index contributed by atoms with van der Waals surface area (Å²) in [6.45, 7) is 9.81. The van der Waals surface area contributed by atoms with Crippen molar-refractivity contribution in [3.8, 4) is 23.6 Å². The van der Waals surface area contributed by atoms with Gasteiger partial charge in [-0.05, 0) is 69.4 Å². The number of nitrogens with zero attached hydrogens (tertiary/aromatic N) is 2. The molecular weight excluding hydrogens is 576 g/mol. The maximum absolute atomic E-state index is 11.6. The third-order valence-corrected chi connectivity index (χ3v) is 5.75. The number of benzene rings is 2. The summed E-state index contributed by atoms with van der Waals surface area (Å²) < 4.78 is 11.3. The van der Waals surface area contributed by atoms with E-state index in [-0.39, 0.29) is 53.5 Å². The monoisotopic (exact) mass is 616 g/mol. The van der Waals surface area contributed by atoms with E-state index in [1.165, 1.54) is 33.8 Å². The van der Waals surface area contributed by atoms with E-state index in [4.69, 9.17) is 25.7 Å². The summed E-state index contributed by atoms with van der Waals surface area (Å²) in [6, 6.07) is 13.8. The molecule has 45 heavy (non-hydrogen) atoms.